The van der Waals surface area contributed by atoms with Gasteiger partial charge in [-0.2, -0.15) is 5.10 Å². The van der Waals surface area contributed by atoms with Crippen LogP contribution in [0.2, 0.25) is 0 Å². The van der Waals surface area contributed by atoms with Gasteiger partial charge in [-0.1, -0.05) is 18.2 Å². The van der Waals surface area contributed by atoms with Crippen molar-refractivity contribution in [3.8, 4) is 5.75 Å². The van der Waals surface area contributed by atoms with Gasteiger partial charge in [-0.05, 0) is 30.5 Å². The summed E-state index contributed by atoms with van der Waals surface area (Å²) in [7, 11) is 1.67. The van der Waals surface area contributed by atoms with Crippen molar-refractivity contribution in [1.29, 1.82) is 0 Å². The number of benzene rings is 1. The number of hydrogen-bond acceptors (Lipinski definition) is 4. The average Bonchev–Trinajstić information content (AvgIpc) is 3.42. The molecule has 6 heteroatoms. The van der Waals surface area contributed by atoms with E-state index in [9.17, 15) is 4.79 Å². The van der Waals surface area contributed by atoms with Crippen LogP contribution in [0.25, 0.3) is 0 Å². The van der Waals surface area contributed by atoms with Crippen molar-refractivity contribution in [2.45, 2.75) is 38.4 Å². The Hall–Kier alpha value is -2.60. The van der Waals surface area contributed by atoms with E-state index in [1.807, 2.05) is 29.0 Å². The molecule has 2 aromatic rings. The Labute approximate surface area is 159 Å². The third kappa shape index (κ3) is 3.90. The number of aromatic nitrogens is 2. The monoisotopic (exact) mass is 366 g/mol. The van der Waals surface area contributed by atoms with Crippen LogP contribution >= 0.6 is 0 Å². The lowest BCUT2D eigenvalue weighted by atomic mass is 10.0. The van der Waals surface area contributed by atoms with Crippen LogP contribution in [0.15, 0.2) is 36.9 Å². The molecule has 27 heavy (non-hydrogen) atoms. The van der Waals surface area contributed by atoms with Gasteiger partial charge < -0.3 is 10.1 Å². The number of hydrogen-bond donors (Lipinski definition) is 1. The third-order valence-electron chi connectivity index (χ3n) is 5.19. The van der Waals surface area contributed by atoms with Crippen molar-refractivity contribution in [1.82, 2.24) is 20.0 Å². The standard InChI is InChI=1S/C21H26N4O2/c1-3-10-24-11-9-19-18(14-24)20(21(26)22-16-7-8-16)23-25(19)13-15-5-4-6-17(12-15)27-2/h3-6,12,16H,1,7-11,13-14H2,2H3,(H,22,26). The minimum absolute atomic E-state index is 0.0430. The van der Waals surface area contributed by atoms with E-state index >= 15 is 0 Å². The van der Waals surface area contributed by atoms with Crippen molar-refractivity contribution in [3.63, 3.8) is 0 Å². The molecule has 142 valence electrons. The number of carbonyl (C=O) groups is 1. The Morgan fingerprint density at radius 2 is 2.30 bits per heavy atom. The van der Waals surface area contributed by atoms with Crippen LogP contribution < -0.4 is 10.1 Å². The van der Waals surface area contributed by atoms with Gasteiger partial charge in [-0.15, -0.1) is 6.58 Å². The highest BCUT2D eigenvalue weighted by Gasteiger charge is 2.31. The topological polar surface area (TPSA) is 59.4 Å². The Bertz CT molecular complexity index is 854. The zero-order valence-electron chi connectivity index (χ0n) is 15.8. The third-order valence-corrected chi connectivity index (χ3v) is 5.19. The van der Waals surface area contributed by atoms with E-state index in [0.29, 0.717) is 18.3 Å². The number of nitrogens with one attached hydrogen (secondary N) is 1. The predicted molar refractivity (Wildman–Crippen MR) is 104 cm³/mol. The van der Waals surface area contributed by atoms with Crippen LogP contribution in [0.4, 0.5) is 0 Å². The van der Waals surface area contributed by atoms with Gasteiger partial charge in [0, 0.05) is 43.4 Å². The summed E-state index contributed by atoms with van der Waals surface area (Å²) >= 11 is 0. The van der Waals surface area contributed by atoms with Gasteiger partial charge in [0.25, 0.3) is 5.91 Å². The highest BCUT2D eigenvalue weighted by molar-refractivity contribution is 5.94. The maximum Gasteiger partial charge on any atom is 0.272 e. The fourth-order valence-electron chi connectivity index (χ4n) is 3.62. The highest BCUT2D eigenvalue weighted by atomic mass is 16.5. The summed E-state index contributed by atoms with van der Waals surface area (Å²) in [6.45, 7) is 6.99. The number of nitrogens with zero attached hydrogens (tertiary/aromatic N) is 3. The first-order valence-electron chi connectivity index (χ1n) is 9.53. The number of amides is 1. The van der Waals surface area contributed by atoms with Gasteiger partial charge in [0.05, 0.1) is 13.7 Å². The molecule has 0 atom stereocenters. The molecule has 1 aromatic carbocycles. The second kappa shape index (κ2) is 7.56. The summed E-state index contributed by atoms with van der Waals surface area (Å²) in [6.07, 6.45) is 4.94. The molecular weight excluding hydrogens is 340 g/mol. The van der Waals surface area contributed by atoms with Crippen LogP contribution in [0.3, 0.4) is 0 Å². The van der Waals surface area contributed by atoms with Crippen molar-refractivity contribution >= 4 is 5.91 Å². The van der Waals surface area contributed by atoms with Crippen LogP contribution in [-0.4, -0.2) is 46.8 Å². The number of methoxy groups -OCH3 is 1. The highest BCUT2D eigenvalue weighted by Crippen LogP contribution is 2.26. The van der Waals surface area contributed by atoms with E-state index in [0.717, 1.165) is 55.8 Å². The van der Waals surface area contributed by atoms with Crippen molar-refractivity contribution in [2.24, 2.45) is 0 Å². The first-order valence-corrected chi connectivity index (χ1v) is 9.53. The molecule has 0 radical (unpaired) electrons. The molecule has 1 fully saturated rings. The molecule has 1 amide bonds. The first kappa shape index (κ1) is 17.8. The SMILES string of the molecule is C=CCN1CCc2c(c(C(=O)NC3CC3)nn2Cc2cccc(OC)c2)C1. The number of carbonyl (C=O) groups excluding carboxylic acids is 1. The average molecular weight is 366 g/mol. The van der Waals surface area contributed by atoms with Crippen LogP contribution in [0.1, 0.15) is 40.2 Å². The van der Waals surface area contributed by atoms with E-state index in [1.165, 1.54) is 5.69 Å². The quantitative estimate of drug-likeness (QED) is 0.765. The van der Waals surface area contributed by atoms with E-state index in [2.05, 4.69) is 22.9 Å². The summed E-state index contributed by atoms with van der Waals surface area (Å²) in [6, 6.07) is 8.32. The molecule has 0 saturated heterocycles. The summed E-state index contributed by atoms with van der Waals surface area (Å²) < 4.78 is 7.33. The van der Waals surface area contributed by atoms with E-state index in [-0.39, 0.29) is 5.91 Å². The van der Waals surface area contributed by atoms with Crippen molar-refractivity contribution < 1.29 is 9.53 Å². The van der Waals surface area contributed by atoms with Gasteiger partial charge in [0.1, 0.15) is 5.75 Å². The second-order valence-electron chi connectivity index (χ2n) is 7.30. The molecular formula is C21H26N4O2. The van der Waals surface area contributed by atoms with Crippen molar-refractivity contribution in [3.05, 3.63) is 59.4 Å². The molecule has 1 aromatic heterocycles. The lowest BCUT2D eigenvalue weighted by molar-refractivity contribution is 0.0943. The zero-order chi connectivity index (χ0) is 18.8. The molecule has 0 bridgehead atoms. The first-order chi connectivity index (χ1) is 13.2. The van der Waals surface area contributed by atoms with Crippen LogP contribution in [0, 0.1) is 0 Å². The maximum atomic E-state index is 12.8. The Balaban J connectivity index is 1.64. The number of ether oxygens (including phenoxy) is 1. The molecule has 1 saturated carbocycles. The normalized spacial score (nSPS) is 16.6. The Kier molecular flexibility index (Phi) is 4.99. The van der Waals surface area contributed by atoms with Gasteiger partial charge in [-0.3, -0.25) is 14.4 Å². The molecule has 4 rings (SSSR count). The lowest BCUT2D eigenvalue weighted by Crippen LogP contribution is -2.33. The molecule has 1 N–H and O–H groups in total. The minimum atomic E-state index is -0.0430. The van der Waals surface area contributed by atoms with Crippen molar-refractivity contribution in [2.75, 3.05) is 20.2 Å². The largest absolute Gasteiger partial charge is 0.497 e. The smallest absolute Gasteiger partial charge is 0.272 e. The molecule has 2 heterocycles. The lowest BCUT2D eigenvalue weighted by Gasteiger charge is -2.26. The second-order valence-corrected chi connectivity index (χ2v) is 7.30. The molecule has 0 unspecified atom stereocenters. The summed E-state index contributed by atoms with van der Waals surface area (Å²) in [4.78, 5) is 15.1. The van der Waals surface area contributed by atoms with Gasteiger partial charge >= 0.3 is 0 Å². The number of rotatable bonds is 7. The molecule has 2 aliphatic rings. The van der Waals surface area contributed by atoms with E-state index in [4.69, 9.17) is 9.84 Å². The Morgan fingerprint density at radius 3 is 3.04 bits per heavy atom. The Morgan fingerprint density at radius 1 is 1.44 bits per heavy atom. The zero-order valence-corrected chi connectivity index (χ0v) is 15.8. The van der Waals surface area contributed by atoms with Crippen LogP contribution in [-0.2, 0) is 19.5 Å². The fourth-order valence-corrected chi connectivity index (χ4v) is 3.62. The number of fused-ring (bicyclic) bond motifs is 1. The van der Waals surface area contributed by atoms with Gasteiger partial charge in [0.2, 0.25) is 0 Å². The maximum absolute atomic E-state index is 12.8. The summed E-state index contributed by atoms with van der Waals surface area (Å²) in [5, 5.41) is 7.82. The minimum Gasteiger partial charge on any atom is -0.497 e. The van der Waals surface area contributed by atoms with Gasteiger partial charge in [-0.25, -0.2) is 0 Å². The predicted octanol–water partition coefficient (Wildman–Crippen LogP) is 2.38. The fraction of sp³-hybridized carbons (Fsp3) is 0.429. The summed E-state index contributed by atoms with van der Waals surface area (Å²) in [5.74, 6) is 0.788. The molecule has 6 nitrogen and oxygen atoms in total. The molecule has 0 spiro atoms. The van der Waals surface area contributed by atoms with Gasteiger partial charge in [0.15, 0.2) is 5.69 Å². The summed E-state index contributed by atoms with van der Waals surface area (Å²) in [5.41, 5.74) is 3.92. The van der Waals surface area contributed by atoms with Crippen LogP contribution in [0.5, 0.6) is 5.75 Å². The molecule has 1 aliphatic heterocycles. The molecule has 1 aliphatic carbocycles. The van der Waals surface area contributed by atoms with E-state index < -0.39 is 0 Å². The van der Waals surface area contributed by atoms with E-state index in [1.54, 1.807) is 7.11 Å².